The maximum atomic E-state index is 13.1. The molecular formula is C27H30N4O4S. The summed E-state index contributed by atoms with van der Waals surface area (Å²) in [6, 6.07) is 19.1. The number of anilines is 3. The van der Waals surface area contributed by atoms with E-state index >= 15 is 0 Å². The van der Waals surface area contributed by atoms with E-state index in [1.807, 2.05) is 26.0 Å². The van der Waals surface area contributed by atoms with E-state index in [1.54, 1.807) is 18.2 Å². The smallest absolute Gasteiger partial charge is 0.261 e. The van der Waals surface area contributed by atoms with Crippen molar-refractivity contribution in [3.05, 3.63) is 83.4 Å². The van der Waals surface area contributed by atoms with Crippen LogP contribution in [0.1, 0.15) is 42.3 Å². The standard InChI is InChI=1S/C27H30N4O4S/c1-18(2)28-27(33)25-16-23(30-36(34,35)24-11-8-22(9-12-24)29-19(3)32)10-13-26(25)31-15-14-20-6-4-5-7-21(20)17-31/h4-13,16,18,30H,14-15,17H2,1-3H3,(H,28,33)(H,29,32). The van der Waals surface area contributed by atoms with Gasteiger partial charge in [0.25, 0.3) is 15.9 Å². The number of hydrogen-bond donors (Lipinski definition) is 3. The third-order valence-electron chi connectivity index (χ3n) is 5.87. The molecule has 0 spiro atoms. The zero-order valence-electron chi connectivity index (χ0n) is 20.5. The predicted molar refractivity (Wildman–Crippen MR) is 142 cm³/mol. The molecule has 0 saturated heterocycles. The second-order valence-electron chi connectivity index (χ2n) is 9.11. The van der Waals surface area contributed by atoms with Crippen molar-refractivity contribution in [1.29, 1.82) is 0 Å². The van der Waals surface area contributed by atoms with Crippen LogP contribution in [0, 0.1) is 0 Å². The Morgan fingerprint density at radius 2 is 1.58 bits per heavy atom. The Kier molecular flexibility index (Phi) is 7.30. The van der Waals surface area contributed by atoms with Gasteiger partial charge in [-0.05, 0) is 73.9 Å². The molecule has 0 atom stereocenters. The molecule has 0 bridgehead atoms. The number of carbonyl (C=O) groups excluding carboxylic acids is 2. The number of nitrogens with one attached hydrogen (secondary N) is 3. The van der Waals surface area contributed by atoms with E-state index in [-0.39, 0.29) is 28.4 Å². The fraction of sp³-hybridized carbons (Fsp3) is 0.259. The monoisotopic (exact) mass is 506 g/mol. The zero-order valence-corrected chi connectivity index (χ0v) is 21.4. The van der Waals surface area contributed by atoms with Crippen LogP contribution in [0.15, 0.2) is 71.6 Å². The average molecular weight is 507 g/mol. The summed E-state index contributed by atoms with van der Waals surface area (Å²) in [7, 11) is -3.91. The maximum Gasteiger partial charge on any atom is 0.261 e. The summed E-state index contributed by atoms with van der Waals surface area (Å²) in [6.07, 6.45) is 0.865. The minimum Gasteiger partial charge on any atom is -0.366 e. The number of nitrogens with zero attached hydrogens (tertiary/aromatic N) is 1. The molecule has 1 aliphatic heterocycles. The molecule has 188 valence electrons. The van der Waals surface area contributed by atoms with E-state index in [0.717, 1.165) is 18.7 Å². The Morgan fingerprint density at radius 1 is 0.917 bits per heavy atom. The van der Waals surface area contributed by atoms with Gasteiger partial charge in [-0.15, -0.1) is 0 Å². The first-order chi connectivity index (χ1) is 17.1. The lowest BCUT2D eigenvalue weighted by molar-refractivity contribution is -0.114. The molecule has 36 heavy (non-hydrogen) atoms. The lowest BCUT2D eigenvalue weighted by Crippen LogP contribution is -2.35. The molecule has 3 aromatic carbocycles. The van der Waals surface area contributed by atoms with Crippen LogP contribution in [-0.2, 0) is 27.8 Å². The van der Waals surface area contributed by atoms with E-state index in [1.165, 1.54) is 42.3 Å². The highest BCUT2D eigenvalue weighted by molar-refractivity contribution is 7.92. The number of benzene rings is 3. The molecular weight excluding hydrogens is 476 g/mol. The van der Waals surface area contributed by atoms with Gasteiger partial charge in [-0.2, -0.15) is 0 Å². The molecule has 0 saturated carbocycles. The second-order valence-corrected chi connectivity index (χ2v) is 10.8. The highest BCUT2D eigenvalue weighted by Gasteiger charge is 2.23. The van der Waals surface area contributed by atoms with Crippen molar-refractivity contribution in [2.24, 2.45) is 0 Å². The fourth-order valence-corrected chi connectivity index (χ4v) is 5.28. The van der Waals surface area contributed by atoms with Crippen LogP contribution in [-0.4, -0.2) is 32.8 Å². The second kappa shape index (κ2) is 10.4. The molecule has 2 amide bonds. The topological polar surface area (TPSA) is 108 Å². The highest BCUT2D eigenvalue weighted by Crippen LogP contribution is 2.30. The van der Waals surface area contributed by atoms with Crippen molar-refractivity contribution in [2.45, 2.75) is 44.7 Å². The van der Waals surface area contributed by atoms with Crippen LogP contribution in [0.5, 0.6) is 0 Å². The van der Waals surface area contributed by atoms with Crippen LogP contribution in [0.4, 0.5) is 17.1 Å². The molecule has 9 heteroatoms. The minimum absolute atomic E-state index is 0.0431. The van der Waals surface area contributed by atoms with Gasteiger partial charge in [0.05, 0.1) is 10.5 Å². The van der Waals surface area contributed by atoms with Crippen molar-refractivity contribution in [3.8, 4) is 0 Å². The normalized spacial score (nSPS) is 13.2. The fourth-order valence-electron chi connectivity index (χ4n) is 4.23. The molecule has 1 aliphatic rings. The lowest BCUT2D eigenvalue weighted by atomic mass is 9.98. The van der Waals surface area contributed by atoms with Crippen molar-refractivity contribution >= 4 is 38.9 Å². The molecule has 0 fully saturated rings. The SMILES string of the molecule is CC(=O)Nc1ccc(S(=O)(=O)Nc2ccc(N3CCc4ccccc4C3)c(C(=O)NC(C)C)c2)cc1. The molecule has 0 aromatic heterocycles. The van der Waals surface area contributed by atoms with Crippen molar-refractivity contribution in [1.82, 2.24) is 5.32 Å². The number of hydrogen-bond acceptors (Lipinski definition) is 5. The molecule has 0 aliphatic carbocycles. The van der Waals surface area contributed by atoms with Gasteiger partial charge in [0.2, 0.25) is 5.91 Å². The predicted octanol–water partition coefficient (Wildman–Crippen LogP) is 4.15. The van der Waals surface area contributed by atoms with Gasteiger partial charge in [-0.1, -0.05) is 24.3 Å². The quantitative estimate of drug-likeness (QED) is 0.446. The van der Waals surface area contributed by atoms with Crippen LogP contribution in [0.25, 0.3) is 0 Å². The number of sulfonamides is 1. The van der Waals surface area contributed by atoms with Gasteiger partial charge in [-0.3, -0.25) is 14.3 Å². The average Bonchev–Trinajstić information content (AvgIpc) is 2.83. The van der Waals surface area contributed by atoms with Gasteiger partial charge in [0.1, 0.15) is 0 Å². The summed E-state index contributed by atoms with van der Waals surface area (Å²) in [5.41, 5.74) is 4.47. The Labute approximate surface area is 211 Å². The minimum atomic E-state index is -3.91. The van der Waals surface area contributed by atoms with Gasteiger partial charge in [-0.25, -0.2) is 8.42 Å². The third-order valence-corrected chi connectivity index (χ3v) is 7.27. The molecule has 0 radical (unpaired) electrons. The molecule has 8 nitrogen and oxygen atoms in total. The Hall–Kier alpha value is -3.85. The number of amides is 2. The van der Waals surface area contributed by atoms with E-state index in [9.17, 15) is 18.0 Å². The Balaban J connectivity index is 1.62. The van der Waals surface area contributed by atoms with Crippen LogP contribution in [0.2, 0.25) is 0 Å². The molecule has 3 N–H and O–H groups in total. The van der Waals surface area contributed by atoms with Crippen LogP contribution >= 0.6 is 0 Å². The van der Waals surface area contributed by atoms with Crippen molar-refractivity contribution in [2.75, 3.05) is 21.5 Å². The first-order valence-corrected chi connectivity index (χ1v) is 13.3. The Morgan fingerprint density at radius 3 is 2.25 bits per heavy atom. The molecule has 3 aromatic rings. The van der Waals surface area contributed by atoms with Crippen LogP contribution in [0.3, 0.4) is 0 Å². The summed E-state index contributed by atoms with van der Waals surface area (Å²) in [4.78, 5) is 26.5. The highest BCUT2D eigenvalue weighted by atomic mass is 32.2. The summed E-state index contributed by atoms with van der Waals surface area (Å²) in [6.45, 7) is 6.57. The van der Waals surface area contributed by atoms with Gasteiger partial charge in [0, 0.05) is 43.1 Å². The molecule has 1 heterocycles. The first-order valence-electron chi connectivity index (χ1n) is 11.8. The lowest BCUT2D eigenvalue weighted by Gasteiger charge is -2.32. The summed E-state index contributed by atoms with van der Waals surface area (Å²) in [5, 5.41) is 5.53. The van der Waals surface area contributed by atoms with Gasteiger partial charge >= 0.3 is 0 Å². The number of rotatable bonds is 7. The molecule has 4 rings (SSSR count). The van der Waals surface area contributed by atoms with Gasteiger partial charge in [0.15, 0.2) is 0 Å². The largest absolute Gasteiger partial charge is 0.366 e. The van der Waals surface area contributed by atoms with Gasteiger partial charge < -0.3 is 15.5 Å². The number of fused-ring (bicyclic) bond motifs is 1. The van der Waals surface area contributed by atoms with E-state index in [4.69, 9.17) is 0 Å². The van der Waals surface area contributed by atoms with Crippen molar-refractivity contribution < 1.29 is 18.0 Å². The maximum absolute atomic E-state index is 13.1. The van der Waals surface area contributed by atoms with E-state index in [2.05, 4.69) is 32.4 Å². The third kappa shape index (κ3) is 5.85. The van der Waals surface area contributed by atoms with Crippen LogP contribution < -0.4 is 20.3 Å². The Bertz CT molecular complexity index is 1390. The summed E-state index contributed by atoms with van der Waals surface area (Å²) in [5.74, 6) is -0.507. The molecule has 0 unspecified atom stereocenters. The van der Waals surface area contributed by atoms with E-state index in [0.29, 0.717) is 17.8 Å². The number of carbonyl (C=O) groups is 2. The zero-order chi connectivity index (χ0) is 25.9. The van der Waals surface area contributed by atoms with E-state index < -0.39 is 10.0 Å². The summed E-state index contributed by atoms with van der Waals surface area (Å²) >= 11 is 0. The first kappa shape index (κ1) is 25.2. The van der Waals surface area contributed by atoms with Crippen molar-refractivity contribution in [3.63, 3.8) is 0 Å². The summed E-state index contributed by atoms with van der Waals surface area (Å²) < 4.78 is 28.6.